The van der Waals surface area contributed by atoms with Crippen molar-refractivity contribution in [1.82, 2.24) is 15.5 Å². The van der Waals surface area contributed by atoms with E-state index in [1.54, 1.807) is 7.11 Å². The molecule has 5 heteroatoms. The first-order valence-electron chi connectivity index (χ1n) is 8.52. The van der Waals surface area contributed by atoms with Crippen LogP contribution in [-0.2, 0) is 4.74 Å². The van der Waals surface area contributed by atoms with Crippen LogP contribution in [0.1, 0.15) is 47.5 Å². The molecule has 0 bridgehead atoms. The molecule has 0 amide bonds. The van der Waals surface area contributed by atoms with Crippen molar-refractivity contribution < 1.29 is 4.74 Å². The van der Waals surface area contributed by atoms with Crippen LogP contribution in [0.5, 0.6) is 0 Å². The molecule has 1 rings (SSSR count). The number of aliphatic imine (C=N–C) groups is 1. The van der Waals surface area contributed by atoms with Gasteiger partial charge in [0.15, 0.2) is 5.96 Å². The summed E-state index contributed by atoms with van der Waals surface area (Å²) in [6, 6.07) is 1.16. The molecule has 0 aromatic carbocycles. The molecule has 1 atom stereocenters. The molecule has 1 saturated heterocycles. The van der Waals surface area contributed by atoms with Gasteiger partial charge < -0.3 is 20.3 Å². The predicted molar refractivity (Wildman–Crippen MR) is 94.5 cm³/mol. The summed E-state index contributed by atoms with van der Waals surface area (Å²) in [6.07, 6.45) is 2.51. The third-order valence-corrected chi connectivity index (χ3v) is 4.53. The number of hydrogen-bond acceptors (Lipinski definition) is 3. The molecule has 1 unspecified atom stereocenters. The van der Waals surface area contributed by atoms with E-state index in [1.165, 1.54) is 12.8 Å². The summed E-state index contributed by atoms with van der Waals surface area (Å²) in [5.74, 6) is 0.884. The van der Waals surface area contributed by atoms with E-state index in [4.69, 9.17) is 4.74 Å². The summed E-state index contributed by atoms with van der Waals surface area (Å²) in [7, 11) is 3.60. The van der Waals surface area contributed by atoms with Crippen LogP contribution in [-0.4, -0.2) is 62.8 Å². The van der Waals surface area contributed by atoms with Gasteiger partial charge in [0, 0.05) is 45.9 Å². The highest BCUT2D eigenvalue weighted by atomic mass is 16.5. The zero-order valence-electron chi connectivity index (χ0n) is 15.6. The van der Waals surface area contributed by atoms with Crippen molar-refractivity contribution in [3.8, 4) is 0 Å². The minimum atomic E-state index is 0.114. The van der Waals surface area contributed by atoms with Crippen molar-refractivity contribution in [3.63, 3.8) is 0 Å². The van der Waals surface area contributed by atoms with Crippen molar-refractivity contribution in [2.45, 2.75) is 65.6 Å². The molecule has 2 N–H and O–H groups in total. The molecular weight excluding hydrogens is 276 g/mol. The third kappa shape index (κ3) is 6.13. The molecule has 1 fully saturated rings. The summed E-state index contributed by atoms with van der Waals surface area (Å²) < 4.78 is 5.59. The van der Waals surface area contributed by atoms with E-state index in [0.29, 0.717) is 12.1 Å². The smallest absolute Gasteiger partial charge is 0.191 e. The SMILES string of the molecule is CN=C(NCC(OC)C(C)(C)C)NC1CCN(C(C)C)CC1. The van der Waals surface area contributed by atoms with Gasteiger partial charge in [0.2, 0.25) is 0 Å². The highest BCUT2D eigenvalue weighted by Gasteiger charge is 2.25. The van der Waals surface area contributed by atoms with Gasteiger partial charge in [0.25, 0.3) is 0 Å². The van der Waals surface area contributed by atoms with Crippen LogP contribution < -0.4 is 10.6 Å². The van der Waals surface area contributed by atoms with Gasteiger partial charge in [-0.25, -0.2) is 0 Å². The first kappa shape index (κ1) is 19.2. The van der Waals surface area contributed by atoms with E-state index in [2.05, 4.69) is 55.1 Å². The lowest BCUT2D eigenvalue weighted by molar-refractivity contribution is 0.0204. The van der Waals surface area contributed by atoms with Crippen molar-refractivity contribution in [2.24, 2.45) is 10.4 Å². The van der Waals surface area contributed by atoms with Crippen LogP contribution in [0.15, 0.2) is 4.99 Å². The average molecular weight is 313 g/mol. The summed E-state index contributed by atoms with van der Waals surface area (Å²) in [6.45, 7) is 14.2. The monoisotopic (exact) mass is 312 g/mol. The largest absolute Gasteiger partial charge is 0.379 e. The van der Waals surface area contributed by atoms with E-state index in [1.807, 2.05) is 7.05 Å². The minimum Gasteiger partial charge on any atom is -0.379 e. The molecule has 0 aromatic rings. The Bertz CT molecular complexity index is 341. The lowest BCUT2D eigenvalue weighted by Crippen LogP contribution is -2.51. The summed E-state index contributed by atoms with van der Waals surface area (Å²) in [5, 5.41) is 6.96. The molecule has 0 saturated carbocycles. The average Bonchev–Trinajstić information content (AvgIpc) is 2.45. The number of guanidine groups is 1. The fraction of sp³-hybridized carbons (Fsp3) is 0.941. The number of likely N-dealkylation sites (tertiary alicyclic amines) is 1. The zero-order chi connectivity index (χ0) is 16.8. The molecule has 0 spiro atoms. The topological polar surface area (TPSA) is 48.9 Å². The zero-order valence-corrected chi connectivity index (χ0v) is 15.6. The fourth-order valence-corrected chi connectivity index (χ4v) is 2.88. The Morgan fingerprint density at radius 3 is 2.27 bits per heavy atom. The number of rotatable bonds is 5. The van der Waals surface area contributed by atoms with Crippen LogP contribution in [0.4, 0.5) is 0 Å². The van der Waals surface area contributed by atoms with Crippen LogP contribution in [0.3, 0.4) is 0 Å². The Hall–Kier alpha value is -0.810. The number of methoxy groups -OCH3 is 1. The Morgan fingerprint density at radius 2 is 1.86 bits per heavy atom. The molecule has 5 nitrogen and oxygen atoms in total. The van der Waals surface area contributed by atoms with Crippen LogP contribution >= 0.6 is 0 Å². The number of ether oxygens (including phenoxy) is 1. The molecule has 0 radical (unpaired) electrons. The molecule has 1 aliphatic rings. The van der Waals surface area contributed by atoms with Crippen molar-refractivity contribution in [3.05, 3.63) is 0 Å². The fourth-order valence-electron chi connectivity index (χ4n) is 2.88. The third-order valence-electron chi connectivity index (χ3n) is 4.53. The lowest BCUT2D eigenvalue weighted by Gasteiger charge is -2.36. The van der Waals surface area contributed by atoms with Gasteiger partial charge >= 0.3 is 0 Å². The Morgan fingerprint density at radius 1 is 1.27 bits per heavy atom. The summed E-state index contributed by atoms with van der Waals surface area (Å²) >= 11 is 0. The van der Waals surface area contributed by atoms with E-state index < -0.39 is 0 Å². The van der Waals surface area contributed by atoms with Gasteiger partial charge in [0.05, 0.1) is 6.10 Å². The number of nitrogens with one attached hydrogen (secondary N) is 2. The maximum Gasteiger partial charge on any atom is 0.191 e. The Balaban J connectivity index is 2.40. The summed E-state index contributed by atoms with van der Waals surface area (Å²) in [4.78, 5) is 6.89. The van der Waals surface area contributed by atoms with E-state index in [-0.39, 0.29) is 11.5 Å². The van der Waals surface area contributed by atoms with Gasteiger partial charge in [-0.3, -0.25) is 4.99 Å². The first-order valence-corrected chi connectivity index (χ1v) is 8.52. The van der Waals surface area contributed by atoms with Crippen molar-refractivity contribution in [2.75, 3.05) is 33.8 Å². The molecule has 130 valence electrons. The number of nitrogens with zero attached hydrogens (tertiary/aromatic N) is 2. The minimum absolute atomic E-state index is 0.114. The van der Waals surface area contributed by atoms with Gasteiger partial charge in [-0.15, -0.1) is 0 Å². The summed E-state index contributed by atoms with van der Waals surface area (Å²) in [5.41, 5.74) is 0.114. The van der Waals surface area contributed by atoms with Crippen LogP contribution in [0.25, 0.3) is 0 Å². The molecule has 0 aromatic heterocycles. The highest BCUT2D eigenvalue weighted by molar-refractivity contribution is 5.80. The van der Waals surface area contributed by atoms with E-state index >= 15 is 0 Å². The Kier molecular flexibility index (Phi) is 7.63. The van der Waals surface area contributed by atoms with Crippen LogP contribution in [0.2, 0.25) is 0 Å². The number of hydrogen-bond donors (Lipinski definition) is 2. The maximum absolute atomic E-state index is 5.59. The lowest BCUT2D eigenvalue weighted by atomic mass is 9.89. The van der Waals surface area contributed by atoms with Gasteiger partial charge in [-0.2, -0.15) is 0 Å². The quantitative estimate of drug-likeness (QED) is 0.603. The first-order chi connectivity index (χ1) is 10.3. The maximum atomic E-state index is 5.59. The van der Waals surface area contributed by atoms with Gasteiger partial charge in [0.1, 0.15) is 0 Å². The molecule has 1 heterocycles. The van der Waals surface area contributed by atoms with Crippen LogP contribution in [0, 0.1) is 5.41 Å². The molecular formula is C17H36N4O. The van der Waals surface area contributed by atoms with Crippen molar-refractivity contribution >= 4 is 5.96 Å². The second kappa shape index (κ2) is 8.73. The predicted octanol–water partition coefficient (Wildman–Crippen LogP) is 2.09. The number of piperidine rings is 1. The molecule has 0 aliphatic carbocycles. The standard InChI is InChI=1S/C17H36N4O/c1-13(2)21-10-8-14(9-11-21)20-16(18-6)19-12-15(22-7)17(3,4)5/h13-15H,8-12H2,1-7H3,(H2,18,19,20). The molecule has 1 aliphatic heterocycles. The van der Waals surface area contributed by atoms with E-state index in [9.17, 15) is 0 Å². The van der Waals surface area contributed by atoms with Gasteiger partial charge in [-0.1, -0.05) is 20.8 Å². The second-order valence-corrected chi connectivity index (χ2v) is 7.59. The van der Waals surface area contributed by atoms with Crippen molar-refractivity contribution in [1.29, 1.82) is 0 Å². The second-order valence-electron chi connectivity index (χ2n) is 7.59. The Labute approximate surface area is 136 Å². The molecule has 22 heavy (non-hydrogen) atoms. The van der Waals surface area contributed by atoms with Gasteiger partial charge in [-0.05, 0) is 32.1 Å². The van der Waals surface area contributed by atoms with E-state index in [0.717, 1.165) is 25.6 Å². The normalized spacial score (nSPS) is 20.3. The highest BCUT2D eigenvalue weighted by Crippen LogP contribution is 2.21.